The molecule has 0 heterocycles. The zero-order chi connectivity index (χ0) is 13.1. The van der Waals surface area contributed by atoms with Gasteiger partial charge in [0, 0.05) is 0 Å². The topological polar surface area (TPSA) is 29.5 Å². The summed E-state index contributed by atoms with van der Waals surface area (Å²) in [5.74, 6) is 1.44. The summed E-state index contributed by atoms with van der Waals surface area (Å²) in [5, 5.41) is 9.77. The fourth-order valence-corrected chi connectivity index (χ4v) is 2.82. The first kappa shape index (κ1) is 13.4. The number of hydrogen-bond donors (Lipinski definition) is 1. The smallest absolute Gasteiger partial charge is 0.122 e. The van der Waals surface area contributed by atoms with Gasteiger partial charge in [-0.15, -0.1) is 0 Å². The van der Waals surface area contributed by atoms with Gasteiger partial charge in [-0.3, -0.25) is 0 Å². The first-order chi connectivity index (χ1) is 8.58. The van der Waals surface area contributed by atoms with Crippen LogP contribution >= 0.6 is 0 Å². The fraction of sp³-hybridized carbons (Fsp3) is 0.625. The largest absolute Gasteiger partial charge is 0.493 e. The molecule has 2 unspecified atom stereocenters. The van der Waals surface area contributed by atoms with Crippen molar-refractivity contribution in [3.8, 4) is 5.75 Å². The normalized spacial score (nSPS) is 23.3. The van der Waals surface area contributed by atoms with Gasteiger partial charge in [0.05, 0.1) is 12.7 Å². The molecule has 0 amide bonds. The van der Waals surface area contributed by atoms with E-state index in [2.05, 4.69) is 32.9 Å². The van der Waals surface area contributed by atoms with Crippen LogP contribution in [0.3, 0.4) is 0 Å². The SMILES string of the molecule is Cc1cc(C)c(C)c(OCCC2CCCC2O)c1. The van der Waals surface area contributed by atoms with E-state index in [0.29, 0.717) is 12.5 Å². The predicted octanol–water partition coefficient (Wildman–Crippen LogP) is 3.54. The summed E-state index contributed by atoms with van der Waals surface area (Å²) in [4.78, 5) is 0. The Hall–Kier alpha value is -1.02. The van der Waals surface area contributed by atoms with E-state index in [4.69, 9.17) is 4.74 Å². The Morgan fingerprint density at radius 2 is 2.00 bits per heavy atom. The number of ether oxygens (including phenoxy) is 1. The van der Waals surface area contributed by atoms with E-state index in [0.717, 1.165) is 31.4 Å². The molecule has 1 aliphatic carbocycles. The number of rotatable bonds is 4. The molecule has 2 atom stereocenters. The van der Waals surface area contributed by atoms with Crippen LogP contribution in [0.25, 0.3) is 0 Å². The van der Waals surface area contributed by atoms with Crippen LogP contribution in [0.15, 0.2) is 12.1 Å². The molecule has 1 aliphatic rings. The van der Waals surface area contributed by atoms with E-state index in [1.807, 2.05) is 0 Å². The first-order valence-corrected chi connectivity index (χ1v) is 6.96. The molecule has 2 heteroatoms. The number of hydrogen-bond acceptors (Lipinski definition) is 2. The maximum atomic E-state index is 9.77. The van der Waals surface area contributed by atoms with Crippen LogP contribution in [-0.4, -0.2) is 17.8 Å². The lowest BCUT2D eigenvalue weighted by atomic mass is 10.0. The van der Waals surface area contributed by atoms with Gasteiger partial charge >= 0.3 is 0 Å². The predicted molar refractivity (Wildman–Crippen MR) is 74.1 cm³/mol. The second-order valence-corrected chi connectivity index (χ2v) is 5.60. The van der Waals surface area contributed by atoms with Gasteiger partial charge in [0.2, 0.25) is 0 Å². The van der Waals surface area contributed by atoms with Crippen LogP contribution in [0, 0.1) is 26.7 Å². The molecule has 2 rings (SSSR count). The summed E-state index contributed by atoms with van der Waals surface area (Å²) in [6.45, 7) is 7.04. The molecular formula is C16H24O2. The number of aliphatic hydroxyl groups excluding tert-OH is 1. The van der Waals surface area contributed by atoms with Crippen LogP contribution in [-0.2, 0) is 0 Å². The minimum Gasteiger partial charge on any atom is -0.493 e. The van der Waals surface area contributed by atoms with E-state index in [9.17, 15) is 5.11 Å². The molecule has 1 aromatic carbocycles. The van der Waals surface area contributed by atoms with Crippen molar-refractivity contribution in [2.45, 2.75) is 52.6 Å². The molecule has 0 aliphatic heterocycles. The zero-order valence-corrected chi connectivity index (χ0v) is 11.7. The molecule has 1 N–H and O–H groups in total. The Balaban J connectivity index is 1.90. The molecule has 2 nitrogen and oxygen atoms in total. The van der Waals surface area contributed by atoms with E-state index >= 15 is 0 Å². The van der Waals surface area contributed by atoms with Gasteiger partial charge in [-0.2, -0.15) is 0 Å². The van der Waals surface area contributed by atoms with Crippen molar-refractivity contribution in [1.82, 2.24) is 0 Å². The van der Waals surface area contributed by atoms with E-state index in [1.54, 1.807) is 0 Å². The highest BCUT2D eigenvalue weighted by Gasteiger charge is 2.24. The van der Waals surface area contributed by atoms with E-state index in [1.165, 1.54) is 16.7 Å². The summed E-state index contributed by atoms with van der Waals surface area (Å²) >= 11 is 0. The third-order valence-corrected chi connectivity index (χ3v) is 4.13. The van der Waals surface area contributed by atoms with Crippen molar-refractivity contribution < 1.29 is 9.84 Å². The van der Waals surface area contributed by atoms with Crippen LogP contribution in [0.4, 0.5) is 0 Å². The first-order valence-electron chi connectivity index (χ1n) is 6.96. The zero-order valence-electron chi connectivity index (χ0n) is 11.7. The van der Waals surface area contributed by atoms with Crippen molar-refractivity contribution in [1.29, 1.82) is 0 Å². The van der Waals surface area contributed by atoms with Crippen molar-refractivity contribution in [3.05, 3.63) is 28.8 Å². The monoisotopic (exact) mass is 248 g/mol. The number of aryl methyl sites for hydroxylation is 2. The maximum absolute atomic E-state index is 9.77. The van der Waals surface area contributed by atoms with Gasteiger partial charge < -0.3 is 9.84 Å². The van der Waals surface area contributed by atoms with Gasteiger partial charge in [-0.1, -0.05) is 12.5 Å². The second-order valence-electron chi connectivity index (χ2n) is 5.60. The maximum Gasteiger partial charge on any atom is 0.122 e. The third-order valence-electron chi connectivity index (χ3n) is 4.13. The van der Waals surface area contributed by atoms with E-state index < -0.39 is 0 Å². The molecule has 0 bridgehead atoms. The van der Waals surface area contributed by atoms with Crippen LogP contribution in [0.1, 0.15) is 42.4 Å². The third kappa shape index (κ3) is 3.05. The highest BCUT2D eigenvalue weighted by molar-refractivity contribution is 5.41. The molecule has 18 heavy (non-hydrogen) atoms. The lowest BCUT2D eigenvalue weighted by Gasteiger charge is -2.16. The summed E-state index contributed by atoms with van der Waals surface area (Å²) < 4.78 is 5.90. The summed E-state index contributed by atoms with van der Waals surface area (Å²) in [7, 11) is 0. The van der Waals surface area contributed by atoms with Gasteiger partial charge in [0.1, 0.15) is 5.75 Å². The average molecular weight is 248 g/mol. The highest BCUT2D eigenvalue weighted by atomic mass is 16.5. The lowest BCUT2D eigenvalue weighted by molar-refractivity contribution is 0.116. The number of benzene rings is 1. The summed E-state index contributed by atoms with van der Waals surface area (Å²) in [5.41, 5.74) is 3.76. The van der Waals surface area contributed by atoms with Crippen molar-refractivity contribution in [2.24, 2.45) is 5.92 Å². The lowest BCUT2D eigenvalue weighted by Crippen LogP contribution is -2.16. The Kier molecular flexibility index (Phi) is 4.28. The molecule has 100 valence electrons. The van der Waals surface area contributed by atoms with Crippen LogP contribution < -0.4 is 4.74 Å². The van der Waals surface area contributed by atoms with Crippen molar-refractivity contribution in [2.75, 3.05) is 6.61 Å². The highest BCUT2D eigenvalue weighted by Crippen LogP contribution is 2.29. The summed E-state index contributed by atoms with van der Waals surface area (Å²) in [6, 6.07) is 4.29. The molecule has 0 aromatic heterocycles. The van der Waals surface area contributed by atoms with Gasteiger partial charge in [0.15, 0.2) is 0 Å². The Labute approximate surface area is 110 Å². The average Bonchev–Trinajstić information content (AvgIpc) is 2.71. The Morgan fingerprint density at radius 3 is 2.67 bits per heavy atom. The van der Waals surface area contributed by atoms with Crippen LogP contribution in [0.5, 0.6) is 5.75 Å². The van der Waals surface area contributed by atoms with Gasteiger partial charge in [0.25, 0.3) is 0 Å². The standard InChI is InChI=1S/C16H24O2/c1-11-9-12(2)13(3)16(10-11)18-8-7-14-5-4-6-15(14)17/h9-10,14-15,17H,4-8H2,1-3H3. The minimum atomic E-state index is -0.103. The summed E-state index contributed by atoms with van der Waals surface area (Å²) in [6.07, 6.45) is 4.14. The molecular weight excluding hydrogens is 224 g/mol. The Morgan fingerprint density at radius 1 is 1.22 bits per heavy atom. The second kappa shape index (κ2) is 5.75. The molecule has 1 aromatic rings. The molecule has 1 fully saturated rings. The minimum absolute atomic E-state index is 0.103. The van der Waals surface area contributed by atoms with Crippen molar-refractivity contribution in [3.63, 3.8) is 0 Å². The quantitative estimate of drug-likeness (QED) is 0.883. The Bertz CT molecular complexity index is 412. The molecule has 1 saturated carbocycles. The van der Waals surface area contributed by atoms with Gasteiger partial charge in [-0.05, 0) is 68.7 Å². The van der Waals surface area contributed by atoms with Crippen LogP contribution in [0.2, 0.25) is 0 Å². The van der Waals surface area contributed by atoms with E-state index in [-0.39, 0.29) is 6.10 Å². The fourth-order valence-electron chi connectivity index (χ4n) is 2.82. The molecule has 0 saturated heterocycles. The molecule has 0 radical (unpaired) electrons. The van der Waals surface area contributed by atoms with Crippen molar-refractivity contribution >= 4 is 0 Å². The molecule has 0 spiro atoms. The van der Waals surface area contributed by atoms with Gasteiger partial charge in [-0.25, -0.2) is 0 Å². The number of aliphatic hydroxyl groups is 1.